The predicted octanol–water partition coefficient (Wildman–Crippen LogP) is 1.70. The van der Waals surface area contributed by atoms with Crippen molar-refractivity contribution in [3.8, 4) is 5.69 Å². The summed E-state index contributed by atoms with van der Waals surface area (Å²) >= 11 is 0. The number of pyridine rings is 1. The number of likely N-dealkylation sites (tertiary alicyclic amines) is 1. The van der Waals surface area contributed by atoms with Crippen molar-refractivity contribution >= 4 is 0 Å². The fourth-order valence-electron chi connectivity index (χ4n) is 3.40. The molecule has 6 heteroatoms. The van der Waals surface area contributed by atoms with Gasteiger partial charge in [0.05, 0.1) is 23.7 Å². The molecule has 0 saturated carbocycles. The molecule has 1 aliphatic rings. The van der Waals surface area contributed by atoms with Gasteiger partial charge in [-0.1, -0.05) is 23.4 Å². The van der Waals surface area contributed by atoms with Crippen LogP contribution in [0.5, 0.6) is 0 Å². The van der Waals surface area contributed by atoms with Gasteiger partial charge in [-0.2, -0.15) is 0 Å². The summed E-state index contributed by atoms with van der Waals surface area (Å²) in [7, 11) is 0. The van der Waals surface area contributed by atoms with E-state index in [2.05, 4.69) is 20.2 Å². The summed E-state index contributed by atoms with van der Waals surface area (Å²) in [4.78, 5) is 6.29. The van der Waals surface area contributed by atoms with Gasteiger partial charge in [-0.05, 0) is 36.2 Å². The number of aromatic nitrogens is 4. The Bertz CT molecular complexity index is 805. The summed E-state index contributed by atoms with van der Waals surface area (Å²) in [5, 5.41) is 18.9. The van der Waals surface area contributed by atoms with E-state index in [1.165, 1.54) is 5.56 Å². The smallest absolute Gasteiger partial charge is 0.0971 e. The van der Waals surface area contributed by atoms with Crippen LogP contribution in [-0.2, 0) is 13.0 Å². The van der Waals surface area contributed by atoms with E-state index in [0.717, 1.165) is 24.3 Å². The molecule has 3 heterocycles. The molecule has 1 N–H and O–H groups in total. The Labute approximate surface area is 146 Å². The molecule has 0 aliphatic carbocycles. The second-order valence-electron chi connectivity index (χ2n) is 6.57. The molecule has 0 amide bonds. The van der Waals surface area contributed by atoms with Gasteiger partial charge in [0, 0.05) is 37.9 Å². The number of aliphatic hydroxyl groups is 1. The van der Waals surface area contributed by atoms with E-state index < -0.39 is 0 Å². The van der Waals surface area contributed by atoms with Gasteiger partial charge < -0.3 is 5.11 Å². The first-order chi connectivity index (χ1) is 12.3. The standard InChI is InChI=1S/C19H21N5O/c25-19-14-23(11-16(19)10-15-6-8-20-9-7-15)12-17-13-24(22-21-17)18-4-2-1-3-5-18/h1-9,13,16,19,25H,10-12,14H2/t16-,19+/m1/s1. The molecule has 128 valence electrons. The van der Waals surface area contributed by atoms with Gasteiger partial charge in [0.1, 0.15) is 0 Å². The van der Waals surface area contributed by atoms with Crippen molar-refractivity contribution in [2.45, 2.75) is 19.1 Å². The molecule has 1 aliphatic heterocycles. The Morgan fingerprint density at radius 3 is 2.64 bits per heavy atom. The molecule has 1 aromatic carbocycles. The highest BCUT2D eigenvalue weighted by Crippen LogP contribution is 2.22. The Hall–Kier alpha value is -2.57. The zero-order valence-electron chi connectivity index (χ0n) is 13.9. The Morgan fingerprint density at radius 2 is 1.84 bits per heavy atom. The summed E-state index contributed by atoms with van der Waals surface area (Å²) in [6.45, 7) is 2.24. The number of benzene rings is 1. The quantitative estimate of drug-likeness (QED) is 0.769. The van der Waals surface area contributed by atoms with Gasteiger partial charge >= 0.3 is 0 Å². The van der Waals surface area contributed by atoms with Crippen LogP contribution in [0.1, 0.15) is 11.3 Å². The van der Waals surface area contributed by atoms with Crippen molar-refractivity contribution in [2.75, 3.05) is 13.1 Å². The Kier molecular flexibility index (Phi) is 4.54. The highest BCUT2D eigenvalue weighted by molar-refractivity contribution is 5.29. The fraction of sp³-hybridized carbons (Fsp3) is 0.316. The van der Waals surface area contributed by atoms with Crippen LogP contribution in [0.4, 0.5) is 0 Å². The summed E-state index contributed by atoms with van der Waals surface area (Å²) in [6.07, 6.45) is 6.12. The predicted molar refractivity (Wildman–Crippen MR) is 94.1 cm³/mol. The van der Waals surface area contributed by atoms with Crippen LogP contribution >= 0.6 is 0 Å². The van der Waals surface area contributed by atoms with E-state index >= 15 is 0 Å². The number of nitrogens with zero attached hydrogens (tertiary/aromatic N) is 5. The van der Waals surface area contributed by atoms with Crippen molar-refractivity contribution in [3.63, 3.8) is 0 Å². The molecule has 0 radical (unpaired) electrons. The molecule has 2 aromatic heterocycles. The number of rotatable bonds is 5. The SMILES string of the molecule is O[C@H]1CN(Cc2cn(-c3ccccc3)nn2)C[C@H]1Cc1ccncc1. The lowest BCUT2D eigenvalue weighted by Gasteiger charge is -2.14. The third-order valence-corrected chi connectivity index (χ3v) is 4.68. The van der Waals surface area contributed by atoms with Crippen LogP contribution in [-0.4, -0.2) is 49.2 Å². The number of β-amino-alcohol motifs (C(OH)–C–C–N with tert-alkyl or cyclic N) is 1. The number of hydrogen-bond donors (Lipinski definition) is 1. The molecule has 25 heavy (non-hydrogen) atoms. The van der Waals surface area contributed by atoms with Gasteiger partial charge in [0.2, 0.25) is 0 Å². The van der Waals surface area contributed by atoms with Crippen LogP contribution in [0.3, 0.4) is 0 Å². The molecule has 0 bridgehead atoms. The minimum Gasteiger partial charge on any atom is -0.391 e. The van der Waals surface area contributed by atoms with E-state index in [1.807, 2.05) is 48.7 Å². The largest absolute Gasteiger partial charge is 0.391 e. The van der Waals surface area contributed by atoms with Crippen LogP contribution in [0.15, 0.2) is 61.1 Å². The van der Waals surface area contributed by atoms with Crippen LogP contribution in [0.25, 0.3) is 5.69 Å². The molecular formula is C19H21N5O. The van der Waals surface area contributed by atoms with Crippen LogP contribution < -0.4 is 0 Å². The topological polar surface area (TPSA) is 67.1 Å². The maximum Gasteiger partial charge on any atom is 0.0971 e. The van der Waals surface area contributed by atoms with Gasteiger partial charge in [0.25, 0.3) is 0 Å². The molecule has 0 unspecified atom stereocenters. The lowest BCUT2D eigenvalue weighted by Crippen LogP contribution is -2.21. The highest BCUT2D eigenvalue weighted by Gasteiger charge is 2.31. The van der Waals surface area contributed by atoms with Crippen molar-refractivity contribution < 1.29 is 5.11 Å². The lowest BCUT2D eigenvalue weighted by molar-refractivity contribution is 0.141. The maximum absolute atomic E-state index is 10.4. The van der Waals surface area contributed by atoms with Gasteiger partial charge in [-0.15, -0.1) is 5.10 Å². The zero-order chi connectivity index (χ0) is 17.1. The van der Waals surface area contributed by atoms with E-state index in [9.17, 15) is 5.11 Å². The van der Waals surface area contributed by atoms with Gasteiger partial charge in [0.15, 0.2) is 0 Å². The van der Waals surface area contributed by atoms with Crippen molar-refractivity contribution in [3.05, 3.63) is 72.3 Å². The molecule has 0 spiro atoms. The molecule has 1 saturated heterocycles. The third kappa shape index (κ3) is 3.75. The Morgan fingerprint density at radius 1 is 1.04 bits per heavy atom. The summed E-state index contributed by atoms with van der Waals surface area (Å²) in [5.41, 5.74) is 3.13. The molecule has 1 fully saturated rings. The first kappa shape index (κ1) is 15.9. The number of para-hydroxylation sites is 1. The number of aliphatic hydroxyl groups excluding tert-OH is 1. The van der Waals surface area contributed by atoms with Crippen LogP contribution in [0, 0.1) is 5.92 Å². The normalized spacial score (nSPS) is 20.8. The molecule has 6 nitrogen and oxygen atoms in total. The third-order valence-electron chi connectivity index (χ3n) is 4.68. The Balaban J connectivity index is 1.38. The van der Waals surface area contributed by atoms with Crippen LogP contribution in [0.2, 0.25) is 0 Å². The first-order valence-corrected chi connectivity index (χ1v) is 8.54. The minimum absolute atomic E-state index is 0.242. The van der Waals surface area contributed by atoms with Gasteiger partial charge in [-0.25, -0.2) is 4.68 Å². The summed E-state index contributed by atoms with van der Waals surface area (Å²) in [5.74, 6) is 0.242. The maximum atomic E-state index is 10.4. The molecule has 2 atom stereocenters. The van der Waals surface area contributed by atoms with Gasteiger partial charge in [-0.3, -0.25) is 9.88 Å². The highest BCUT2D eigenvalue weighted by atomic mass is 16.3. The van der Waals surface area contributed by atoms with E-state index in [0.29, 0.717) is 13.1 Å². The average Bonchev–Trinajstić information content (AvgIpc) is 3.24. The van der Waals surface area contributed by atoms with Crippen molar-refractivity contribution in [1.29, 1.82) is 0 Å². The second-order valence-corrected chi connectivity index (χ2v) is 6.57. The average molecular weight is 335 g/mol. The van der Waals surface area contributed by atoms with E-state index in [-0.39, 0.29) is 12.0 Å². The lowest BCUT2D eigenvalue weighted by atomic mass is 9.97. The molecule has 3 aromatic rings. The zero-order valence-corrected chi connectivity index (χ0v) is 13.9. The first-order valence-electron chi connectivity index (χ1n) is 8.54. The minimum atomic E-state index is -0.308. The summed E-state index contributed by atoms with van der Waals surface area (Å²) < 4.78 is 1.79. The number of hydrogen-bond acceptors (Lipinski definition) is 5. The summed E-state index contributed by atoms with van der Waals surface area (Å²) in [6, 6.07) is 14.0. The van der Waals surface area contributed by atoms with E-state index in [4.69, 9.17) is 0 Å². The van der Waals surface area contributed by atoms with E-state index in [1.54, 1.807) is 17.1 Å². The van der Waals surface area contributed by atoms with Crippen molar-refractivity contribution in [2.24, 2.45) is 5.92 Å². The second kappa shape index (κ2) is 7.13. The molecular weight excluding hydrogens is 314 g/mol. The monoisotopic (exact) mass is 335 g/mol. The molecule has 4 rings (SSSR count). The van der Waals surface area contributed by atoms with Crippen molar-refractivity contribution in [1.82, 2.24) is 24.9 Å². The fourth-order valence-corrected chi connectivity index (χ4v) is 3.40.